The van der Waals surface area contributed by atoms with Crippen molar-refractivity contribution >= 4 is 22.4 Å². The van der Waals surface area contributed by atoms with Crippen molar-refractivity contribution in [3.8, 4) is 11.1 Å². The zero-order chi connectivity index (χ0) is 18.3. The minimum Gasteiger partial charge on any atom is -0.387 e. The van der Waals surface area contributed by atoms with Crippen LogP contribution in [0.4, 0.5) is 5.82 Å². The van der Waals surface area contributed by atoms with E-state index in [9.17, 15) is 5.11 Å². The Balaban J connectivity index is 1.95. The normalized spacial score (nSPS) is 12.6. The van der Waals surface area contributed by atoms with Gasteiger partial charge in [0.2, 0.25) is 0 Å². The molecule has 0 bridgehead atoms. The molecule has 7 nitrogen and oxygen atoms in total. The topological polar surface area (TPSA) is 88.2 Å². The Morgan fingerprint density at radius 3 is 2.69 bits per heavy atom. The SMILES string of the molecule is CC[C@H](O)c1cc(C)c(-c2cc3cnc(NC)cc3n3ncnc23)cn1. The zero-order valence-corrected chi connectivity index (χ0v) is 14.9. The third kappa shape index (κ3) is 2.57. The van der Waals surface area contributed by atoms with Crippen molar-refractivity contribution in [2.75, 3.05) is 12.4 Å². The zero-order valence-electron chi connectivity index (χ0n) is 14.9. The molecule has 132 valence electrons. The van der Waals surface area contributed by atoms with Crippen LogP contribution in [0.1, 0.15) is 30.7 Å². The lowest BCUT2D eigenvalue weighted by Gasteiger charge is -2.13. The van der Waals surface area contributed by atoms with Crippen molar-refractivity contribution in [2.45, 2.75) is 26.4 Å². The molecule has 4 rings (SSSR count). The number of rotatable bonds is 4. The maximum atomic E-state index is 10.0. The van der Waals surface area contributed by atoms with Crippen LogP contribution in [0.5, 0.6) is 0 Å². The van der Waals surface area contributed by atoms with Crippen LogP contribution in [0.2, 0.25) is 0 Å². The summed E-state index contributed by atoms with van der Waals surface area (Å²) < 4.78 is 1.82. The Labute approximate surface area is 150 Å². The van der Waals surface area contributed by atoms with Crippen LogP contribution in [-0.4, -0.2) is 36.7 Å². The van der Waals surface area contributed by atoms with Gasteiger partial charge in [-0.1, -0.05) is 6.92 Å². The number of nitrogens with zero attached hydrogens (tertiary/aromatic N) is 5. The molecule has 0 aliphatic carbocycles. The number of hydrogen-bond donors (Lipinski definition) is 2. The van der Waals surface area contributed by atoms with Gasteiger partial charge in [0.05, 0.1) is 17.3 Å². The van der Waals surface area contributed by atoms with Crippen molar-refractivity contribution in [2.24, 2.45) is 0 Å². The van der Waals surface area contributed by atoms with E-state index in [0.717, 1.165) is 39.1 Å². The van der Waals surface area contributed by atoms with Crippen LogP contribution in [0.3, 0.4) is 0 Å². The van der Waals surface area contributed by atoms with Gasteiger partial charge in [-0.25, -0.2) is 14.5 Å². The molecule has 0 amide bonds. The molecule has 2 N–H and O–H groups in total. The molecule has 0 aromatic carbocycles. The van der Waals surface area contributed by atoms with Crippen LogP contribution in [-0.2, 0) is 0 Å². The highest BCUT2D eigenvalue weighted by Gasteiger charge is 2.15. The molecule has 0 saturated carbocycles. The van der Waals surface area contributed by atoms with Crippen LogP contribution < -0.4 is 5.32 Å². The molecule has 4 heterocycles. The van der Waals surface area contributed by atoms with E-state index in [2.05, 4.69) is 31.4 Å². The quantitative estimate of drug-likeness (QED) is 0.589. The fourth-order valence-corrected chi connectivity index (χ4v) is 3.16. The first-order valence-electron chi connectivity index (χ1n) is 8.57. The summed E-state index contributed by atoms with van der Waals surface area (Å²) in [5.74, 6) is 0.776. The number of aryl methyl sites for hydroxylation is 1. The molecule has 0 aliphatic heterocycles. The number of anilines is 1. The number of pyridine rings is 3. The highest BCUT2D eigenvalue weighted by atomic mass is 16.3. The second-order valence-electron chi connectivity index (χ2n) is 6.28. The minimum absolute atomic E-state index is 0.545. The van der Waals surface area contributed by atoms with E-state index < -0.39 is 6.10 Å². The van der Waals surface area contributed by atoms with E-state index in [0.29, 0.717) is 12.1 Å². The van der Waals surface area contributed by atoms with E-state index in [1.807, 2.05) is 43.7 Å². The monoisotopic (exact) mass is 348 g/mol. The van der Waals surface area contributed by atoms with E-state index in [1.54, 1.807) is 12.5 Å². The van der Waals surface area contributed by atoms with E-state index in [-0.39, 0.29) is 0 Å². The Hall–Kier alpha value is -3.06. The number of aromatic nitrogens is 5. The second-order valence-corrected chi connectivity index (χ2v) is 6.28. The molecule has 0 aliphatic rings. The number of aliphatic hydroxyl groups is 1. The van der Waals surface area contributed by atoms with Gasteiger partial charge in [0.1, 0.15) is 12.1 Å². The first-order valence-corrected chi connectivity index (χ1v) is 8.57. The summed E-state index contributed by atoms with van der Waals surface area (Å²) in [4.78, 5) is 13.3. The van der Waals surface area contributed by atoms with Gasteiger partial charge < -0.3 is 10.4 Å². The van der Waals surface area contributed by atoms with Crippen molar-refractivity contribution in [1.82, 2.24) is 24.6 Å². The molecule has 4 aromatic rings. The van der Waals surface area contributed by atoms with E-state index in [1.165, 1.54) is 0 Å². The number of hydrogen-bond acceptors (Lipinski definition) is 6. The highest BCUT2D eigenvalue weighted by Crippen LogP contribution is 2.31. The summed E-state index contributed by atoms with van der Waals surface area (Å²) in [5.41, 5.74) is 5.33. The van der Waals surface area contributed by atoms with Crippen LogP contribution in [0, 0.1) is 6.92 Å². The molecule has 0 spiro atoms. The smallest absolute Gasteiger partial charge is 0.163 e. The maximum absolute atomic E-state index is 10.0. The summed E-state index contributed by atoms with van der Waals surface area (Å²) in [7, 11) is 1.84. The summed E-state index contributed by atoms with van der Waals surface area (Å²) in [6, 6.07) is 5.95. The summed E-state index contributed by atoms with van der Waals surface area (Å²) >= 11 is 0. The number of aliphatic hydroxyl groups excluding tert-OH is 1. The van der Waals surface area contributed by atoms with Gasteiger partial charge in [-0.15, -0.1) is 0 Å². The van der Waals surface area contributed by atoms with Gasteiger partial charge >= 0.3 is 0 Å². The fraction of sp³-hybridized carbons (Fsp3) is 0.263. The van der Waals surface area contributed by atoms with Gasteiger partial charge in [-0.05, 0) is 31.0 Å². The summed E-state index contributed by atoms with van der Waals surface area (Å²) in [6.07, 6.45) is 5.26. The predicted octanol–water partition coefficient (Wildman–Crippen LogP) is 3.13. The molecular formula is C19H20N6O. The standard InChI is InChI=1S/C19H20N6O/c1-4-17(26)15-5-11(2)14(9-21-15)13-6-12-8-22-18(20-3)7-16(12)25-19(13)23-10-24-25/h5-10,17,26H,4H2,1-3H3,(H,20,22)/t17-/m0/s1. The molecule has 1 atom stereocenters. The molecule has 0 unspecified atom stereocenters. The first-order chi connectivity index (χ1) is 12.6. The van der Waals surface area contributed by atoms with Gasteiger partial charge in [0.25, 0.3) is 0 Å². The third-order valence-corrected chi connectivity index (χ3v) is 4.63. The predicted molar refractivity (Wildman–Crippen MR) is 101 cm³/mol. The lowest BCUT2D eigenvalue weighted by Crippen LogP contribution is -2.01. The molecule has 0 saturated heterocycles. The Bertz CT molecular complexity index is 1100. The van der Waals surface area contributed by atoms with Gasteiger partial charge in [0, 0.05) is 42.0 Å². The average Bonchev–Trinajstić information content (AvgIpc) is 3.16. The van der Waals surface area contributed by atoms with Gasteiger partial charge in [0.15, 0.2) is 5.65 Å². The van der Waals surface area contributed by atoms with Crippen molar-refractivity contribution in [1.29, 1.82) is 0 Å². The lowest BCUT2D eigenvalue weighted by atomic mass is 10.0. The van der Waals surface area contributed by atoms with Crippen LogP contribution in [0.15, 0.2) is 36.9 Å². The second kappa shape index (κ2) is 6.34. The van der Waals surface area contributed by atoms with Crippen LogP contribution >= 0.6 is 0 Å². The number of fused-ring (bicyclic) bond motifs is 3. The summed E-state index contributed by atoms with van der Waals surface area (Å²) in [6.45, 7) is 3.95. The largest absolute Gasteiger partial charge is 0.387 e. The third-order valence-electron chi connectivity index (χ3n) is 4.63. The Morgan fingerprint density at radius 1 is 1.12 bits per heavy atom. The first kappa shape index (κ1) is 16.4. The fourth-order valence-electron chi connectivity index (χ4n) is 3.16. The van der Waals surface area contributed by atoms with Crippen LogP contribution in [0.25, 0.3) is 27.7 Å². The lowest BCUT2D eigenvalue weighted by molar-refractivity contribution is 0.169. The Morgan fingerprint density at radius 2 is 1.96 bits per heavy atom. The summed E-state index contributed by atoms with van der Waals surface area (Å²) in [5, 5.41) is 18.4. The molecule has 0 fully saturated rings. The van der Waals surface area contributed by atoms with Gasteiger partial charge in [-0.2, -0.15) is 5.10 Å². The highest BCUT2D eigenvalue weighted by molar-refractivity contribution is 5.92. The molecule has 26 heavy (non-hydrogen) atoms. The molecule has 0 radical (unpaired) electrons. The Kier molecular flexibility index (Phi) is 4.00. The maximum Gasteiger partial charge on any atom is 0.163 e. The van der Waals surface area contributed by atoms with Crippen molar-refractivity contribution in [3.63, 3.8) is 0 Å². The minimum atomic E-state index is -0.545. The van der Waals surface area contributed by atoms with E-state index in [4.69, 9.17) is 0 Å². The molecular weight excluding hydrogens is 328 g/mol. The number of nitrogens with one attached hydrogen (secondary N) is 1. The van der Waals surface area contributed by atoms with Gasteiger partial charge in [-0.3, -0.25) is 4.98 Å². The van der Waals surface area contributed by atoms with Crippen molar-refractivity contribution in [3.05, 3.63) is 48.2 Å². The average molecular weight is 348 g/mol. The molecule has 7 heteroatoms. The molecule has 4 aromatic heterocycles. The van der Waals surface area contributed by atoms with E-state index >= 15 is 0 Å². The van der Waals surface area contributed by atoms with Crippen molar-refractivity contribution < 1.29 is 5.11 Å².